The topological polar surface area (TPSA) is 68.8 Å². The number of aliphatic carboxylic acids is 1. The van der Waals surface area contributed by atoms with Gasteiger partial charge < -0.3 is 14.5 Å². The van der Waals surface area contributed by atoms with E-state index in [0.29, 0.717) is 5.56 Å². The van der Waals surface area contributed by atoms with Gasteiger partial charge in [0.1, 0.15) is 6.07 Å². The summed E-state index contributed by atoms with van der Waals surface area (Å²) in [6.07, 6.45) is 1.36. The van der Waals surface area contributed by atoms with Gasteiger partial charge >= 0.3 is 0 Å². The molecule has 0 N–H and O–H groups in total. The second-order valence-electron chi connectivity index (χ2n) is 5.62. The van der Waals surface area contributed by atoms with Crippen molar-refractivity contribution in [3.8, 4) is 11.8 Å². The van der Waals surface area contributed by atoms with Crippen molar-refractivity contribution in [3.63, 3.8) is 0 Å². The van der Waals surface area contributed by atoms with E-state index in [1.807, 2.05) is 44.2 Å². The summed E-state index contributed by atoms with van der Waals surface area (Å²) in [5.41, 5.74) is 3.17. The lowest BCUT2D eigenvalue weighted by atomic mass is 10.1. The minimum atomic E-state index is -1.47. The Labute approximate surface area is 139 Å². The number of hydrogen-bond donors (Lipinski definition) is 0. The molecule has 0 aliphatic rings. The number of carboxylic acid groups (broad SMARTS) is 1. The molecule has 0 fully saturated rings. The number of nitrogens with zero attached hydrogens (tertiary/aromatic N) is 2. The molecule has 0 bridgehead atoms. The van der Waals surface area contributed by atoms with Crippen molar-refractivity contribution in [1.29, 1.82) is 5.26 Å². The molecule has 4 heteroatoms. The molecule has 2 aromatic carbocycles. The Hall–Kier alpha value is -3.32. The third-order valence-corrected chi connectivity index (χ3v) is 4.12. The first-order valence-corrected chi connectivity index (χ1v) is 7.53. The molecule has 0 saturated carbocycles. The highest BCUT2D eigenvalue weighted by molar-refractivity contribution is 5.95. The number of aryl methyl sites for hydroxylation is 1. The summed E-state index contributed by atoms with van der Waals surface area (Å²) in [4.78, 5) is 11.0. The van der Waals surface area contributed by atoms with Crippen molar-refractivity contribution in [2.75, 3.05) is 0 Å². The molecule has 24 heavy (non-hydrogen) atoms. The van der Waals surface area contributed by atoms with Crippen molar-refractivity contribution in [2.45, 2.75) is 13.8 Å². The number of fused-ring (bicyclic) bond motifs is 1. The quantitative estimate of drug-likeness (QED) is 0.551. The van der Waals surface area contributed by atoms with Crippen LogP contribution in [0.4, 0.5) is 0 Å². The van der Waals surface area contributed by atoms with Crippen LogP contribution in [0.15, 0.2) is 54.1 Å². The van der Waals surface area contributed by atoms with Gasteiger partial charge in [0.2, 0.25) is 0 Å². The van der Waals surface area contributed by atoms with E-state index in [1.54, 1.807) is 6.07 Å². The Balaban J connectivity index is 2.24. The average molecular weight is 315 g/mol. The molecule has 0 aliphatic heterocycles. The zero-order valence-corrected chi connectivity index (χ0v) is 13.4. The van der Waals surface area contributed by atoms with E-state index in [0.717, 1.165) is 27.8 Å². The largest absolute Gasteiger partial charge is 0.544 e. The number of carbonyl (C=O) groups excluding carboxylic acids is 1. The van der Waals surface area contributed by atoms with E-state index < -0.39 is 5.97 Å². The zero-order valence-electron chi connectivity index (χ0n) is 13.4. The fourth-order valence-electron chi connectivity index (χ4n) is 3.00. The lowest BCUT2D eigenvalue weighted by Crippen LogP contribution is -2.23. The van der Waals surface area contributed by atoms with Crippen LogP contribution in [0, 0.1) is 25.2 Å². The predicted molar refractivity (Wildman–Crippen MR) is 91.3 cm³/mol. The SMILES string of the molecule is Cc1cc(/C=C(/C#N)C(=O)[O-])c(C)n1-c1cccc2ccccc12. The minimum Gasteiger partial charge on any atom is -0.544 e. The molecule has 1 heterocycles. The van der Waals surface area contributed by atoms with Crippen LogP contribution < -0.4 is 5.11 Å². The van der Waals surface area contributed by atoms with Gasteiger partial charge in [0.25, 0.3) is 0 Å². The lowest BCUT2D eigenvalue weighted by molar-refractivity contribution is -0.298. The van der Waals surface area contributed by atoms with Crippen molar-refractivity contribution in [2.24, 2.45) is 0 Å². The summed E-state index contributed by atoms with van der Waals surface area (Å²) >= 11 is 0. The molecule has 0 radical (unpaired) electrons. The smallest absolute Gasteiger partial charge is 0.101 e. The summed E-state index contributed by atoms with van der Waals surface area (Å²) in [7, 11) is 0. The van der Waals surface area contributed by atoms with E-state index >= 15 is 0 Å². The zero-order chi connectivity index (χ0) is 17.3. The normalized spacial score (nSPS) is 11.5. The number of rotatable bonds is 3. The van der Waals surface area contributed by atoms with E-state index in [4.69, 9.17) is 5.26 Å². The molecular weight excluding hydrogens is 300 g/mol. The summed E-state index contributed by atoms with van der Waals surface area (Å²) in [5, 5.41) is 22.2. The summed E-state index contributed by atoms with van der Waals surface area (Å²) < 4.78 is 2.07. The Morgan fingerprint density at radius 1 is 1.17 bits per heavy atom. The van der Waals surface area contributed by atoms with Crippen LogP contribution in [0.3, 0.4) is 0 Å². The van der Waals surface area contributed by atoms with Gasteiger partial charge in [-0.2, -0.15) is 5.26 Å². The van der Waals surface area contributed by atoms with E-state index in [9.17, 15) is 9.90 Å². The molecule has 0 unspecified atom stereocenters. The number of nitriles is 1. The fourth-order valence-corrected chi connectivity index (χ4v) is 3.00. The highest BCUT2D eigenvalue weighted by Gasteiger charge is 2.12. The molecule has 3 aromatic rings. The number of carboxylic acids is 1. The van der Waals surface area contributed by atoms with Crippen LogP contribution in [0.1, 0.15) is 17.0 Å². The maximum absolute atomic E-state index is 11.0. The number of hydrogen-bond acceptors (Lipinski definition) is 3. The van der Waals surface area contributed by atoms with Gasteiger partial charge in [0, 0.05) is 16.8 Å². The van der Waals surface area contributed by atoms with Crippen molar-refractivity contribution >= 4 is 22.8 Å². The first-order valence-electron chi connectivity index (χ1n) is 7.53. The molecular formula is C20H15N2O2-. The third kappa shape index (κ3) is 2.57. The van der Waals surface area contributed by atoms with Gasteiger partial charge in [0.05, 0.1) is 17.2 Å². The number of aromatic nitrogens is 1. The predicted octanol–water partition coefficient (Wildman–Crippen LogP) is 2.90. The highest BCUT2D eigenvalue weighted by Crippen LogP contribution is 2.28. The van der Waals surface area contributed by atoms with Gasteiger partial charge in [0.15, 0.2) is 0 Å². The van der Waals surface area contributed by atoms with Crippen LogP contribution in [-0.2, 0) is 4.79 Å². The standard InChI is InChI=1S/C20H16N2O2/c1-13-10-16(11-17(12-21)20(23)24)14(2)22(13)19-9-5-7-15-6-3-4-8-18(15)19/h3-11H,1-2H3,(H,23,24)/p-1/b17-11-. The average Bonchev–Trinajstić information content (AvgIpc) is 2.85. The second kappa shape index (κ2) is 6.05. The highest BCUT2D eigenvalue weighted by atomic mass is 16.4. The lowest BCUT2D eigenvalue weighted by Gasteiger charge is -2.13. The maximum Gasteiger partial charge on any atom is 0.101 e. The molecule has 0 spiro atoms. The minimum absolute atomic E-state index is 0.381. The molecule has 118 valence electrons. The van der Waals surface area contributed by atoms with Crippen molar-refractivity contribution < 1.29 is 9.90 Å². The van der Waals surface area contributed by atoms with Crippen LogP contribution in [-0.4, -0.2) is 10.5 Å². The Bertz CT molecular complexity index is 1010. The van der Waals surface area contributed by atoms with Crippen LogP contribution >= 0.6 is 0 Å². The van der Waals surface area contributed by atoms with Crippen LogP contribution in [0.2, 0.25) is 0 Å². The van der Waals surface area contributed by atoms with Gasteiger partial charge in [-0.3, -0.25) is 0 Å². The first kappa shape index (κ1) is 15.6. The van der Waals surface area contributed by atoms with E-state index in [1.165, 1.54) is 6.08 Å². The van der Waals surface area contributed by atoms with Crippen molar-refractivity contribution in [1.82, 2.24) is 4.57 Å². The fraction of sp³-hybridized carbons (Fsp3) is 0.100. The monoisotopic (exact) mass is 315 g/mol. The molecule has 1 aromatic heterocycles. The molecule has 0 aliphatic carbocycles. The van der Waals surface area contributed by atoms with Gasteiger partial charge in [-0.25, -0.2) is 0 Å². The molecule has 0 saturated heterocycles. The Kier molecular flexibility index (Phi) is 3.93. The van der Waals surface area contributed by atoms with E-state index in [-0.39, 0.29) is 5.57 Å². The molecule has 0 atom stereocenters. The summed E-state index contributed by atoms with van der Waals surface area (Å²) in [5.74, 6) is -1.47. The third-order valence-electron chi connectivity index (χ3n) is 4.12. The van der Waals surface area contributed by atoms with Crippen LogP contribution in [0.25, 0.3) is 22.5 Å². The van der Waals surface area contributed by atoms with Crippen molar-refractivity contribution in [3.05, 3.63) is 71.1 Å². The number of carbonyl (C=O) groups is 1. The first-order chi connectivity index (χ1) is 11.5. The summed E-state index contributed by atoms with van der Waals surface area (Å²) in [6, 6.07) is 17.7. The van der Waals surface area contributed by atoms with Gasteiger partial charge in [-0.05, 0) is 43.0 Å². The van der Waals surface area contributed by atoms with Gasteiger partial charge in [-0.1, -0.05) is 36.4 Å². The number of benzene rings is 2. The van der Waals surface area contributed by atoms with Crippen LogP contribution in [0.5, 0.6) is 0 Å². The Morgan fingerprint density at radius 2 is 1.88 bits per heavy atom. The Morgan fingerprint density at radius 3 is 2.58 bits per heavy atom. The molecule has 4 nitrogen and oxygen atoms in total. The molecule has 3 rings (SSSR count). The van der Waals surface area contributed by atoms with Gasteiger partial charge in [-0.15, -0.1) is 0 Å². The maximum atomic E-state index is 11.0. The van der Waals surface area contributed by atoms with E-state index in [2.05, 4.69) is 22.8 Å². The summed E-state index contributed by atoms with van der Waals surface area (Å²) in [6.45, 7) is 3.86. The second-order valence-corrected chi connectivity index (χ2v) is 5.62. The molecule has 0 amide bonds.